The van der Waals surface area contributed by atoms with Gasteiger partial charge in [-0.25, -0.2) is 4.39 Å². The molecule has 3 N–H and O–H groups in total. The maximum atomic E-state index is 12.9. The highest BCUT2D eigenvalue weighted by Gasteiger charge is 2.30. The molecule has 3 rings (SSSR count). The van der Waals surface area contributed by atoms with Gasteiger partial charge in [0.25, 0.3) is 0 Å². The summed E-state index contributed by atoms with van der Waals surface area (Å²) in [5, 5.41) is 3.28. The van der Waals surface area contributed by atoms with Crippen molar-refractivity contribution in [1.29, 1.82) is 0 Å². The van der Waals surface area contributed by atoms with Crippen LogP contribution in [0.4, 0.5) is 4.39 Å². The number of nitrogens with zero attached hydrogens (tertiary/aromatic N) is 1. The lowest BCUT2D eigenvalue weighted by atomic mass is 9.76. The minimum absolute atomic E-state index is 0. The van der Waals surface area contributed by atoms with Crippen molar-refractivity contribution < 1.29 is 4.39 Å². The Kier molecular flexibility index (Phi) is 5.84. The van der Waals surface area contributed by atoms with Crippen LogP contribution in [0.3, 0.4) is 0 Å². The van der Waals surface area contributed by atoms with Crippen LogP contribution in [0.5, 0.6) is 0 Å². The van der Waals surface area contributed by atoms with E-state index in [0.717, 1.165) is 25.3 Å². The highest BCUT2D eigenvalue weighted by Crippen LogP contribution is 2.36. The van der Waals surface area contributed by atoms with E-state index in [1.165, 1.54) is 37.0 Å². The number of benzene rings is 1. The fourth-order valence-electron chi connectivity index (χ4n) is 2.90. The van der Waals surface area contributed by atoms with Crippen molar-refractivity contribution in [2.24, 2.45) is 16.6 Å². The molecule has 0 unspecified atom stereocenters. The van der Waals surface area contributed by atoms with Gasteiger partial charge < -0.3 is 11.1 Å². The second kappa shape index (κ2) is 7.42. The summed E-state index contributed by atoms with van der Waals surface area (Å²) in [4.78, 5) is 4.41. The second-order valence-corrected chi connectivity index (χ2v) is 6.08. The van der Waals surface area contributed by atoms with Crippen LogP contribution >= 0.6 is 24.0 Å². The molecule has 0 amide bonds. The summed E-state index contributed by atoms with van der Waals surface area (Å²) >= 11 is 0. The lowest BCUT2D eigenvalue weighted by molar-refractivity contribution is 0.317. The van der Waals surface area contributed by atoms with Gasteiger partial charge in [0.2, 0.25) is 0 Å². The Morgan fingerprint density at radius 2 is 1.90 bits per heavy atom. The van der Waals surface area contributed by atoms with Crippen molar-refractivity contribution in [3.8, 4) is 0 Å². The summed E-state index contributed by atoms with van der Waals surface area (Å²) in [7, 11) is 0. The fourth-order valence-corrected chi connectivity index (χ4v) is 2.90. The normalized spacial score (nSPS) is 25.5. The minimum Gasteiger partial charge on any atom is -0.370 e. The molecule has 0 saturated heterocycles. The van der Waals surface area contributed by atoms with Gasteiger partial charge in [-0.3, -0.25) is 4.99 Å². The van der Waals surface area contributed by atoms with E-state index in [1.807, 2.05) is 12.1 Å². The van der Waals surface area contributed by atoms with Crippen molar-refractivity contribution in [1.82, 2.24) is 5.32 Å². The summed E-state index contributed by atoms with van der Waals surface area (Å²) in [5.74, 6) is 1.69. The quantitative estimate of drug-likeness (QED) is 0.460. The van der Waals surface area contributed by atoms with Gasteiger partial charge in [-0.1, -0.05) is 18.6 Å². The number of hydrogen-bond acceptors (Lipinski definition) is 1. The predicted molar refractivity (Wildman–Crippen MR) is 94.5 cm³/mol. The van der Waals surface area contributed by atoms with Gasteiger partial charge in [0, 0.05) is 12.6 Å². The number of nitrogens with two attached hydrogens (primary N) is 1. The largest absolute Gasteiger partial charge is 0.370 e. The highest BCUT2D eigenvalue weighted by molar-refractivity contribution is 14.0. The lowest BCUT2D eigenvalue weighted by Gasteiger charge is -2.36. The molecule has 5 heteroatoms. The fraction of sp³-hybridized carbons (Fsp3) is 0.562. The maximum absolute atomic E-state index is 12.9. The number of guanidine groups is 1. The molecule has 2 fully saturated rings. The van der Waals surface area contributed by atoms with Crippen LogP contribution in [0, 0.1) is 11.7 Å². The van der Waals surface area contributed by atoms with Crippen LogP contribution in [0.15, 0.2) is 29.3 Å². The maximum Gasteiger partial charge on any atom is 0.188 e. The third-order valence-electron chi connectivity index (χ3n) is 4.58. The number of aliphatic imine (C=N–C) groups is 1. The Labute approximate surface area is 142 Å². The number of hydrogen-bond donors (Lipinski definition) is 2. The van der Waals surface area contributed by atoms with Crippen LogP contribution in [-0.2, 0) is 0 Å². The topological polar surface area (TPSA) is 50.4 Å². The van der Waals surface area contributed by atoms with Gasteiger partial charge in [0.15, 0.2) is 5.96 Å². The van der Waals surface area contributed by atoms with Crippen LogP contribution in [0.1, 0.15) is 43.6 Å². The first-order valence-corrected chi connectivity index (χ1v) is 7.52. The van der Waals surface area contributed by atoms with E-state index in [0.29, 0.717) is 17.9 Å². The van der Waals surface area contributed by atoms with Gasteiger partial charge in [-0.15, -0.1) is 24.0 Å². The molecular formula is C16H23FIN3. The molecule has 0 radical (unpaired) electrons. The summed E-state index contributed by atoms with van der Waals surface area (Å²) in [6.07, 6.45) is 6.03. The van der Waals surface area contributed by atoms with E-state index in [4.69, 9.17) is 5.73 Å². The molecule has 0 aromatic heterocycles. The standard InChI is InChI=1S/C16H22FN3.HI/c17-14-6-4-12(5-7-14)13-8-15(9-13)20-16(18)19-10-11-2-1-3-11;/h4-7,11,13,15H,1-3,8-10H2,(H3,18,19,20);1H. The summed E-state index contributed by atoms with van der Waals surface area (Å²) in [5.41, 5.74) is 7.12. The molecule has 2 aliphatic carbocycles. The van der Waals surface area contributed by atoms with Gasteiger partial charge in [-0.2, -0.15) is 0 Å². The highest BCUT2D eigenvalue weighted by atomic mass is 127. The predicted octanol–water partition coefficient (Wildman–Crippen LogP) is 3.39. The van der Waals surface area contributed by atoms with E-state index in [-0.39, 0.29) is 29.8 Å². The van der Waals surface area contributed by atoms with Gasteiger partial charge in [0.05, 0.1) is 0 Å². The van der Waals surface area contributed by atoms with Crippen molar-refractivity contribution in [2.75, 3.05) is 6.54 Å². The molecule has 0 spiro atoms. The van der Waals surface area contributed by atoms with Gasteiger partial charge >= 0.3 is 0 Å². The first-order chi connectivity index (χ1) is 9.70. The zero-order valence-corrected chi connectivity index (χ0v) is 14.4. The summed E-state index contributed by atoms with van der Waals surface area (Å²) < 4.78 is 12.9. The third kappa shape index (κ3) is 4.31. The Hall–Kier alpha value is -0.850. The number of halogens is 2. The van der Waals surface area contributed by atoms with E-state index in [1.54, 1.807) is 0 Å². The van der Waals surface area contributed by atoms with Crippen molar-refractivity contribution in [2.45, 2.75) is 44.1 Å². The van der Waals surface area contributed by atoms with E-state index >= 15 is 0 Å². The van der Waals surface area contributed by atoms with Crippen molar-refractivity contribution in [3.63, 3.8) is 0 Å². The Morgan fingerprint density at radius 3 is 2.48 bits per heavy atom. The monoisotopic (exact) mass is 403 g/mol. The Morgan fingerprint density at radius 1 is 1.24 bits per heavy atom. The summed E-state index contributed by atoms with van der Waals surface area (Å²) in [6.45, 7) is 0.868. The second-order valence-electron chi connectivity index (χ2n) is 6.08. The molecule has 2 aliphatic rings. The average molecular weight is 403 g/mol. The van der Waals surface area contributed by atoms with Crippen molar-refractivity contribution in [3.05, 3.63) is 35.6 Å². The minimum atomic E-state index is -0.171. The zero-order valence-electron chi connectivity index (χ0n) is 12.1. The molecule has 0 bridgehead atoms. The van der Waals surface area contributed by atoms with E-state index in [2.05, 4.69) is 10.3 Å². The number of nitrogens with one attached hydrogen (secondary N) is 1. The first kappa shape index (κ1) is 16.5. The third-order valence-corrected chi connectivity index (χ3v) is 4.58. The molecule has 0 heterocycles. The lowest BCUT2D eigenvalue weighted by Crippen LogP contribution is -2.46. The number of rotatable bonds is 4. The van der Waals surface area contributed by atoms with Crippen LogP contribution in [0.25, 0.3) is 0 Å². The molecule has 2 saturated carbocycles. The first-order valence-electron chi connectivity index (χ1n) is 7.52. The molecule has 1 aromatic carbocycles. The molecule has 1 aromatic rings. The van der Waals surface area contributed by atoms with E-state index in [9.17, 15) is 4.39 Å². The van der Waals surface area contributed by atoms with Crippen molar-refractivity contribution >= 4 is 29.9 Å². The summed E-state index contributed by atoms with van der Waals surface area (Å²) in [6, 6.07) is 7.24. The van der Waals surface area contributed by atoms with E-state index < -0.39 is 0 Å². The molecular weight excluding hydrogens is 380 g/mol. The van der Waals surface area contributed by atoms with Gasteiger partial charge in [0.1, 0.15) is 5.82 Å². The molecule has 116 valence electrons. The average Bonchev–Trinajstić information content (AvgIpc) is 2.33. The Balaban J connectivity index is 0.00000161. The smallest absolute Gasteiger partial charge is 0.188 e. The molecule has 0 atom stereocenters. The zero-order chi connectivity index (χ0) is 13.9. The molecule has 3 nitrogen and oxygen atoms in total. The molecule has 21 heavy (non-hydrogen) atoms. The Bertz CT molecular complexity index is 479. The van der Waals surface area contributed by atoms with Crippen LogP contribution in [-0.4, -0.2) is 18.5 Å². The van der Waals surface area contributed by atoms with Crippen LogP contribution in [0.2, 0.25) is 0 Å². The SMILES string of the molecule is I.NC(=NCC1CCC1)NC1CC(c2ccc(F)cc2)C1. The molecule has 0 aliphatic heterocycles. The van der Waals surface area contributed by atoms with Crippen LogP contribution < -0.4 is 11.1 Å². The van der Waals surface area contributed by atoms with Gasteiger partial charge in [-0.05, 0) is 55.2 Å².